The summed E-state index contributed by atoms with van der Waals surface area (Å²) in [5, 5.41) is 0. The fourth-order valence-electron chi connectivity index (χ4n) is 2.29. The molecule has 0 bridgehead atoms. The summed E-state index contributed by atoms with van der Waals surface area (Å²) >= 11 is 0. The molecule has 1 heteroatoms. The fraction of sp³-hybridized carbons (Fsp3) is 0.0526. The first-order valence-corrected chi connectivity index (χ1v) is 6.67. The highest BCUT2D eigenvalue weighted by Crippen LogP contribution is 2.26. The van der Waals surface area contributed by atoms with Gasteiger partial charge in [0, 0.05) is 0 Å². The Morgan fingerprint density at radius 2 is 1.10 bits per heavy atom. The summed E-state index contributed by atoms with van der Waals surface area (Å²) in [6, 6.07) is 27.1. The molecule has 0 aliphatic carbocycles. The molecule has 0 amide bonds. The van der Waals surface area contributed by atoms with Crippen LogP contribution < -0.4 is 4.74 Å². The standard InChI is InChI=1S/C19H16O/c1-20-19-9-5-8-18(14-19)17-12-10-16(11-13-17)15-6-3-2-4-7-15/h2-14H,1H3. The molecule has 1 nitrogen and oxygen atoms in total. The molecule has 0 aliphatic rings. The van der Waals surface area contributed by atoms with Crippen LogP contribution in [0.4, 0.5) is 0 Å². The van der Waals surface area contributed by atoms with E-state index in [4.69, 9.17) is 4.74 Å². The highest BCUT2D eigenvalue weighted by Gasteiger charge is 2.01. The smallest absolute Gasteiger partial charge is 0.119 e. The van der Waals surface area contributed by atoms with Crippen LogP contribution in [-0.4, -0.2) is 7.11 Å². The van der Waals surface area contributed by atoms with Crippen LogP contribution in [0.25, 0.3) is 22.3 Å². The van der Waals surface area contributed by atoms with Gasteiger partial charge in [-0.1, -0.05) is 66.7 Å². The predicted octanol–water partition coefficient (Wildman–Crippen LogP) is 5.03. The maximum atomic E-state index is 5.27. The van der Waals surface area contributed by atoms with Gasteiger partial charge in [-0.05, 0) is 34.4 Å². The van der Waals surface area contributed by atoms with Crippen molar-refractivity contribution in [2.75, 3.05) is 7.11 Å². The van der Waals surface area contributed by atoms with Crippen LogP contribution in [0.3, 0.4) is 0 Å². The second-order valence-electron chi connectivity index (χ2n) is 4.68. The molecule has 0 radical (unpaired) electrons. The first kappa shape index (κ1) is 12.5. The van der Waals surface area contributed by atoms with E-state index in [0.29, 0.717) is 0 Å². The zero-order chi connectivity index (χ0) is 13.8. The van der Waals surface area contributed by atoms with Crippen LogP contribution in [0.2, 0.25) is 0 Å². The molecule has 98 valence electrons. The molecule has 0 saturated carbocycles. The van der Waals surface area contributed by atoms with Gasteiger partial charge in [-0.15, -0.1) is 0 Å². The van der Waals surface area contributed by atoms with Crippen LogP contribution >= 0.6 is 0 Å². The van der Waals surface area contributed by atoms with E-state index in [1.54, 1.807) is 7.11 Å². The van der Waals surface area contributed by atoms with Gasteiger partial charge in [-0.25, -0.2) is 0 Å². The summed E-state index contributed by atoms with van der Waals surface area (Å²) < 4.78 is 5.27. The van der Waals surface area contributed by atoms with Crippen molar-refractivity contribution in [1.82, 2.24) is 0 Å². The monoisotopic (exact) mass is 260 g/mol. The molecule has 3 rings (SSSR count). The largest absolute Gasteiger partial charge is 0.497 e. The Bertz CT molecular complexity index is 684. The minimum atomic E-state index is 0.884. The van der Waals surface area contributed by atoms with Crippen molar-refractivity contribution in [1.29, 1.82) is 0 Å². The molecule has 0 spiro atoms. The molecule has 0 heterocycles. The molecule has 0 aliphatic heterocycles. The zero-order valence-corrected chi connectivity index (χ0v) is 11.4. The lowest BCUT2D eigenvalue weighted by Gasteiger charge is -2.06. The Balaban J connectivity index is 1.93. The van der Waals surface area contributed by atoms with Crippen LogP contribution in [-0.2, 0) is 0 Å². The predicted molar refractivity (Wildman–Crippen MR) is 83.9 cm³/mol. The lowest BCUT2D eigenvalue weighted by Crippen LogP contribution is -1.84. The second-order valence-corrected chi connectivity index (χ2v) is 4.68. The van der Waals surface area contributed by atoms with Crippen molar-refractivity contribution in [3.05, 3.63) is 78.9 Å². The van der Waals surface area contributed by atoms with Gasteiger partial charge in [0.1, 0.15) is 5.75 Å². The highest BCUT2D eigenvalue weighted by molar-refractivity contribution is 5.71. The van der Waals surface area contributed by atoms with Gasteiger partial charge in [0.15, 0.2) is 0 Å². The lowest BCUT2D eigenvalue weighted by molar-refractivity contribution is 0.415. The Morgan fingerprint density at radius 3 is 1.75 bits per heavy atom. The molecular formula is C19H16O. The molecule has 0 aromatic heterocycles. The normalized spacial score (nSPS) is 10.2. The average molecular weight is 260 g/mol. The van der Waals surface area contributed by atoms with Crippen LogP contribution in [0.5, 0.6) is 5.75 Å². The van der Waals surface area contributed by atoms with Crippen molar-refractivity contribution in [3.63, 3.8) is 0 Å². The highest BCUT2D eigenvalue weighted by atomic mass is 16.5. The molecule has 3 aromatic rings. The molecule has 0 atom stereocenters. The average Bonchev–Trinajstić information content (AvgIpc) is 2.56. The summed E-state index contributed by atoms with van der Waals surface area (Å²) in [6.07, 6.45) is 0. The van der Waals surface area contributed by atoms with E-state index in [2.05, 4.69) is 60.7 Å². The third-order valence-corrected chi connectivity index (χ3v) is 3.40. The maximum Gasteiger partial charge on any atom is 0.119 e. The number of ether oxygens (including phenoxy) is 1. The molecule has 0 saturated heterocycles. The fourth-order valence-corrected chi connectivity index (χ4v) is 2.29. The lowest BCUT2D eigenvalue weighted by atomic mass is 10.0. The van der Waals surface area contributed by atoms with Crippen molar-refractivity contribution >= 4 is 0 Å². The van der Waals surface area contributed by atoms with E-state index in [0.717, 1.165) is 5.75 Å². The summed E-state index contributed by atoms with van der Waals surface area (Å²) in [4.78, 5) is 0. The SMILES string of the molecule is COc1cccc(-c2ccc(-c3ccccc3)cc2)c1. The second kappa shape index (κ2) is 5.62. The first-order valence-electron chi connectivity index (χ1n) is 6.67. The minimum absolute atomic E-state index is 0.884. The minimum Gasteiger partial charge on any atom is -0.497 e. The van der Waals surface area contributed by atoms with E-state index in [1.165, 1.54) is 22.3 Å². The molecule has 0 N–H and O–H groups in total. The number of methoxy groups -OCH3 is 1. The van der Waals surface area contributed by atoms with Gasteiger partial charge in [0.05, 0.1) is 7.11 Å². The third-order valence-electron chi connectivity index (χ3n) is 3.40. The van der Waals surface area contributed by atoms with Crippen LogP contribution in [0.1, 0.15) is 0 Å². The maximum absolute atomic E-state index is 5.27. The molecule has 20 heavy (non-hydrogen) atoms. The molecular weight excluding hydrogens is 244 g/mol. The van der Waals surface area contributed by atoms with Crippen LogP contribution in [0.15, 0.2) is 78.9 Å². The van der Waals surface area contributed by atoms with E-state index < -0.39 is 0 Å². The first-order chi connectivity index (χ1) is 9.86. The topological polar surface area (TPSA) is 9.23 Å². The van der Waals surface area contributed by atoms with Crippen molar-refractivity contribution < 1.29 is 4.74 Å². The van der Waals surface area contributed by atoms with Crippen molar-refractivity contribution in [3.8, 4) is 28.0 Å². The van der Waals surface area contributed by atoms with Gasteiger partial charge >= 0.3 is 0 Å². The van der Waals surface area contributed by atoms with Gasteiger partial charge in [0.25, 0.3) is 0 Å². The quantitative estimate of drug-likeness (QED) is 0.641. The van der Waals surface area contributed by atoms with Crippen LogP contribution in [0, 0.1) is 0 Å². The Labute approximate surface area is 119 Å². The van der Waals surface area contributed by atoms with Crippen molar-refractivity contribution in [2.45, 2.75) is 0 Å². The number of benzene rings is 3. The summed E-state index contributed by atoms with van der Waals surface area (Å²) in [7, 11) is 1.69. The van der Waals surface area contributed by atoms with Crippen molar-refractivity contribution in [2.24, 2.45) is 0 Å². The Hall–Kier alpha value is -2.54. The molecule has 0 unspecified atom stereocenters. The number of hydrogen-bond acceptors (Lipinski definition) is 1. The Morgan fingerprint density at radius 1 is 0.550 bits per heavy atom. The van der Waals surface area contributed by atoms with E-state index >= 15 is 0 Å². The van der Waals surface area contributed by atoms with E-state index in [1.807, 2.05) is 18.2 Å². The number of hydrogen-bond donors (Lipinski definition) is 0. The molecule has 0 fully saturated rings. The Kier molecular flexibility index (Phi) is 3.51. The van der Waals surface area contributed by atoms with Gasteiger partial charge in [-0.3, -0.25) is 0 Å². The molecule has 3 aromatic carbocycles. The number of rotatable bonds is 3. The van der Waals surface area contributed by atoms with Gasteiger partial charge in [-0.2, -0.15) is 0 Å². The summed E-state index contributed by atoms with van der Waals surface area (Å²) in [6.45, 7) is 0. The third kappa shape index (κ3) is 2.57. The van der Waals surface area contributed by atoms with E-state index in [9.17, 15) is 0 Å². The zero-order valence-electron chi connectivity index (χ0n) is 11.4. The van der Waals surface area contributed by atoms with Gasteiger partial charge in [0.2, 0.25) is 0 Å². The summed E-state index contributed by atoms with van der Waals surface area (Å²) in [5.41, 5.74) is 4.84. The summed E-state index contributed by atoms with van der Waals surface area (Å²) in [5.74, 6) is 0.884. The van der Waals surface area contributed by atoms with Gasteiger partial charge < -0.3 is 4.74 Å². The van der Waals surface area contributed by atoms with E-state index in [-0.39, 0.29) is 0 Å².